The van der Waals surface area contributed by atoms with Gasteiger partial charge in [0.05, 0.1) is 17.7 Å². The van der Waals surface area contributed by atoms with Crippen LogP contribution >= 0.6 is 0 Å². The molecule has 0 bridgehead atoms. The Bertz CT molecular complexity index is 1020. The zero-order valence-corrected chi connectivity index (χ0v) is 17.4. The number of carbonyl (C=O) groups excluding carboxylic acids is 1. The summed E-state index contributed by atoms with van der Waals surface area (Å²) < 4.78 is 73.5. The monoisotopic (exact) mass is 458 g/mol. The van der Waals surface area contributed by atoms with Crippen LogP contribution in [0.2, 0.25) is 0 Å². The van der Waals surface area contributed by atoms with Gasteiger partial charge in [-0.25, -0.2) is 8.42 Å². The summed E-state index contributed by atoms with van der Waals surface area (Å²) in [6, 6.07) is 11.2. The highest BCUT2D eigenvalue weighted by Crippen LogP contribution is 2.31. The van der Waals surface area contributed by atoms with E-state index in [2.05, 4.69) is 10.1 Å². The minimum Gasteiger partial charge on any atom is -0.497 e. The second-order valence-electron chi connectivity index (χ2n) is 6.89. The van der Waals surface area contributed by atoms with Crippen LogP contribution in [0.1, 0.15) is 12.8 Å². The van der Waals surface area contributed by atoms with Crippen LogP contribution < -0.4 is 14.8 Å². The van der Waals surface area contributed by atoms with Crippen molar-refractivity contribution in [2.45, 2.75) is 24.1 Å². The number of alkyl halides is 3. The molecule has 0 aromatic heterocycles. The highest BCUT2D eigenvalue weighted by molar-refractivity contribution is 7.89. The Morgan fingerprint density at radius 2 is 1.68 bits per heavy atom. The molecule has 0 atom stereocenters. The number of para-hydroxylation sites is 2. The molecule has 1 aliphatic rings. The highest BCUT2D eigenvalue weighted by Gasteiger charge is 2.34. The van der Waals surface area contributed by atoms with Gasteiger partial charge in [0.1, 0.15) is 5.75 Å². The summed E-state index contributed by atoms with van der Waals surface area (Å²) in [5.41, 5.74) is -0.0990. The predicted octanol–water partition coefficient (Wildman–Crippen LogP) is 3.63. The van der Waals surface area contributed by atoms with Crippen molar-refractivity contribution in [1.29, 1.82) is 0 Å². The van der Waals surface area contributed by atoms with Crippen molar-refractivity contribution in [3.63, 3.8) is 0 Å². The number of hydrogen-bond acceptors (Lipinski definition) is 5. The molecule has 2 aromatic carbocycles. The Balaban J connectivity index is 1.62. The Hall–Kier alpha value is -2.79. The molecule has 1 heterocycles. The first-order chi connectivity index (χ1) is 14.6. The maximum atomic E-state index is 12.8. The summed E-state index contributed by atoms with van der Waals surface area (Å²) in [4.78, 5) is 12.7. The number of nitrogens with one attached hydrogen (secondary N) is 1. The molecule has 1 N–H and O–H groups in total. The van der Waals surface area contributed by atoms with Gasteiger partial charge in [0, 0.05) is 19.0 Å². The number of carbonyl (C=O) groups is 1. The quantitative estimate of drug-likeness (QED) is 0.715. The molecule has 1 amide bonds. The van der Waals surface area contributed by atoms with Crippen LogP contribution in [-0.4, -0.2) is 45.2 Å². The fourth-order valence-corrected chi connectivity index (χ4v) is 4.74. The number of hydrogen-bond donors (Lipinski definition) is 1. The summed E-state index contributed by atoms with van der Waals surface area (Å²) >= 11 is 0. The van der Waals surface area contributed by atoms with E-state index in [1.54, 1.807) is 12.1 Å². The van der Waals surface area contributed by atoms with Crippen LogP contribution in [0.5, 0.6) is 11.5 Å². The summed E-state index contributed by atoms with van der Waals surface area (Å²) in [6.45, 7) is 0.236. The van der Waals surface area contributed by atoms with Crippen molar-refractivity contribution in [2.75, 3.05) is 25.5 Å². The third-order valence-corrected chi connectivity index (χ3v) is 6.81. The molecule has 7 nitrogen and oxygen atoms in total. The van der Waals surface area contributed by atoms with Crippen LogP contribution in [0.15, 0.2) is 53.4 Å². The molecule has 0 radical (unpaired) electrons. The minimum absolute atomic E-state index is 0.0990. The fraction of sp³-hybridized carbons (Fsp3) is 0.350. The van der Waals surface area contributed by atoms with Crippen molar-refractivity contribution in [1.82, 2.24) is 4.31 Å². The van der Waals surface area contributed by atoms with Crippen molar-refractivity contribution in [3.05, 3.63) is 48.5 Å². The number of piperidine rings is 1. The van der Waals surface area contributed by atoms with Crippen molar-refractivity contribution in [2.24, 2.45) is 5.92 Å². The van der Waals surface area contributed by atoms with Crippen LogP contribution in [0.25, 0.3) is 0 Å². The lowest BCUT2D eigenvalue weighted by atomic mass is 9.97. The van der Waals surface area contributed by atoms with E-state index in [9.17, 15) is 26.4 Å². The average molecular weight is 458 g/mol. The first-order valence-corrected chi connectivity index (χ1v) is 10.8. The first kappa shape index (κ1) is 22.9. The standard InChI is InChI=1S/C20H21F3N2O5S/c1-29-15-6-8-16(9-7-15)31(27,28)25-12-10-14(11-13-25)19(26)24-17-4-2-3-5-18(17)30-20(21,22)23/h2-9,14H,10-13H2,1H3,(H,24,26). The third-order valence-electron chi connectivity index (χ3n) is 4.89. The second kappa shape index (κ2) is 9.15. The molecule has 168 valence electrons. The number of sulfonamides is 1. The summed E-state index contributed by atoms with van der Waals surface area (Å²) in [7, 11) is -2.24. The minimum atomic E-state index is -4.89. The van der Waals surface area contributed by atoms with Gasteiger partial charge < -0.3 is 14.8 Å². The first-order valence-electron chi connectivity index (χ1n) is 9.40. The number of amides is 1. The van der Waals surface area contributed by atoms with Gasteiger partial charge in [-0.2, -0.15) is 4.31 Å². The molecule has 0 saturated carbocycles. The maximum Gasteiger partial charge on any atom is 0.573 e. The van der Waals surface area contributed by atoms with Gasteiger partial charge in [-0.3, -0.25) is 4.79 Å². The number of ether oxygens (including phenoxy) is 2. The summed E-state index contributed by atoms with van der Waals surface area (Å²) in [5.74, 6) is -1.01. The van der Waals surface area contributed by atoms with Crippen LogP contribution in [0, 0.1) is 5.92 Å². The highest BCUT2D eigenvalue weighted by atomic mass is 32.2. The average Bonchev–Trinajstić information content (AvgIpc) is 2.74. The molecular formula is C20H21F3N2O5S. The SMILES string of the molecule is COc1ccc(S(=O)(=O)N2CCC(C(=O)Nc3ccccc3OC(F)(F)F)CC2)cc1. The van der Waals surface area contributed by atoms with Crippen molar-refractivity contribution in [3.8, 4) is 11.5 Å². The molecular weight excluding hydrogens is 437 g/mol. The maximum absolute atomic E-state index is 12.8. The predicted molar refractivity (Wildman–Crippen MR) is 106 cm³/mol. The molecule has 1 fully saturated rings. The summed E-state index contributed by atoms with van der Waals surface area (Å²) in [5, 5.41) is 2.45. The molecule has 3 rings (SSSR count). The fourth-order valence-electron chi connectivity index (χ4n) is 3.27. The molecule has 0 aliphatic carbocycles. The molecule has 2 aromatic rings. The van der Waals surface area contributed by atoms with E-state index in [1.807, 2.05) is 0 Å². The lowest BCUT2D eigenvalue weighted by Crippen LogP contribution is -2.41. The van der Waals surface area contributed by atoms with Gasteiger partial charge in [-0.1, -0.05) is 12.1 Å². The van der Waals surface area contributed by atoms with Gasteiger partial charge in [0.25, 0.3) is 0 Å². The van der Waals surface area contributed by atoms with Gasteiger partial charge in [0.2, 0.25) is 15.9 Å². The van der Waals surface area contributed by atoms with Gasteiger partial charge in [0.15, 0.2) is 5.75 Å². The van der Waals surface area contributed by atoms with Crippen LogP contribution in [-0.2, 0) is 14.8 Å². The summed E-state index contributed by atoms with van der Waals surface area (Å²) in [6.07, 6.45) is -4.41. The lowest BCUT2D eigenvalue weighted by molar-refractivity contribution is -0.274. The molecule has 0 unspecified atom stereocenters. The Morgan fingerprint density at radius 3 is 2.26 bits per heavy atom. The Morgan fingerprint density at radius 1 is 1.06 bits per heavy atom. The number of halogens is 3. The molecule has 1 aliphatic heterocycles. The Labute approximate surface area is 177 Å². The largest absolute Gasteiger partial charge is 0.573 e. The Kier molecular flexibility index (Phi) is 6.75. The van der Waals surface area contributed by atoms with E-state index in [0.717, 1.165) is 6.07 Å². The number of anilines is 1. The molecule has 11 heteroatoms. The van der Waals surface area contributed by atoms with Gasteiger partial charge >= 0.3 is 6.36 Å². The van der Waals surface area contributed by atoms with E-state index < -0.39 is 34.0 Å². The lowest BCUT2D eigenvalue weighted by Gasteiger charge is -2.30. The van der Waals surface area contributed by atoms with Gasteiger partial charge in [-0.15, -0.1) is 13.2 Å². The number of methoxy groups -OCH3 is 1. The number of benzene rings is 2. The number of nitrogens with zero attached hydrogens (tertiary/aromatic N) is 1. The van der Waals surface area contributed by atoms with Gasteiger partial charge in [-0.05, 0) is 49.2 Å². The van der Waals surface area contributed by atoms with E-state index in [4.69, 9.17) is 4.74 Å². The molecule has 31 heavy (non-hydrogen) atoms. The zero-order chi connectivity index (χ0) is 22.6. The van der Waals surface area contributed by atoms with Crippen molar-refractivity contribution >= 4 is 21.6 Å². The van der Waals surface area contributed by atoms with E-state index >= 15 is 0 Å². The second-order valence-corrected chi connectivity index (χ2v) is 8.83. The van der Waals surface area contributed by atoms with E-state index in [1.165, 1.54) is 41.7 Å². The van der Waals surface area contributed by atoms with Crippen LogP contribution in [0.3, 0.4) is 0 Å². The normalized spacial score (nSPS) is 16.0. The zero-order valence-electron chi connectivity index (χ0n) is 16.6. The topological polar surface area (TPSA) is 84.9 Å². The van der Waals surface area contributed by atoms with E-state index in [0.29, 0.717) is 5.75 Å². The smallest absolute Gasteiger partial charge is 0.497 e. The van der Waals surface area contributed by atoms with E-state index in [-0.39, 0.29) is 36.5 Å². The van der Waals surface area contributed by atoms with Crippen LogP contribution in [0.4, 0.5) is 18.9 Å². The number of rotatable bonds is 6. The molecule has 0 spiro atoms. The van der Waals surface area contributed by atoms with Crippen molar-refractivity contribution < 1.29 is 35.9 Å². The molecule has 1 saturated heterocycles. The third kappa shape index (κ3) is 5.67.